The van der Waals surface area contributed by atoms with Crippen molar-refractivity contribution in [2.45, 2.75) is 5.92 Å². The third kappa shape index (κ3) is 3.62. The van der Waals surface area contributed by atoms with Crippen molar-refractivity contribution in [3.63, 3.8) is 0 Å². The van der Waals surface area contributed by atoms with Crippen LogP contribution in [0.1, 0.15) is 5.56 Å². The van der Waals surface area contributed by atoms with Gasteiger partial charge in [-0.25, -0.2) is 4.39 Å². The Morgan fingerprint density at radius 2 is 1.74 bits per heavy atom. The van der Waals surface area contributed by atoms with Crippen LogP contribution in [0.15, 0.2) is 48.5 Å². The van der Waals surface area contributed by atoms with Crippen LogP contribution in [0.3, 0.4) is 0 Å². The molecule has 0 atom stereocenters. The summed E-state index contributed by atoms with van der Waals surface area (Å²) in [7, 11) is 0. The van der Waals surface area contributed by atoms with Crippen molar-refractivity contribution >= 4 is 28.3 Å². The molecular weight excluding hydrogens is 366 g/mol. The van der Waals surface area contributed by atoms with Gasteiger partial charge >= 0.3 is 0 Å². The second kappa shape index (κ2) is 5.81. The summed E-state index contributed by atoms with van der Waals surface area (Å²) in [5.74, 6) is -3.36. The van der Waals surface area contributed by atoms with Gasteiger partial charge in [-0.1, -0.05) is 30.3 Å². The Morgan fingerprint density at radius 1 is 1.05 bits per heavy atom. The molecule has 0 aliphatic rings. The number of rotatable bonds is 4. The smallest absolute Gasteiger partial charge is 0.290 e. The molecule has 2 aromatic carbocycles. The van der Waals surface area contributed by atoms with E-state index in [0.29, 0.717) is 9.26 Å². The van der Waals surface area contributed by atoms with Crippen molar-refractivity contribution in [3.05, 3.63) is 63.5 Å². The SMILES string of the molecule is Fc1ccc(NCC(F)(F)c2ccccc2)c(I)c1. The van der Waals surface area contributed by atoms with Crippen molar-refractivity contribution in [3.8, 4) is 0 Å². The van der Waals surface area contributed by atoms with Crippen molar-refractivity contribution in [2.75, 3.05) is 11.9 Å². The molecule has 100 valence electrons. The normalized spacial score (nSPS) is 11.4. The average molecular weight is 377 g/mol. The monoisotopic (exact) mass is 377 g/mol. The molecule has 0 aliphatic carbocycles. The van der Waals surface area contributed by atoms with E-state index in [2.05, 4.69) is 5.32 Å². The zero-order valence-corrected chi connectivity index (χ0v) is 12.0. The van der Waals surface area contributed by atoms with Crippen LogP contribution in [0, 0.1) is 9.39 Å². The van der Waals surface area contributed by atoms with Crippen LogP contribution in [0.2, 0.25) is 0 Å². The number of halogens is 4. The van der Waals surface area contributed by atoms with E-state index in [0.717, 1.165) is 0 Å². The summed E-state index contributed by atoms with van der Waals surface area (Å²) >= 11 is 1.90. The molecule has 1 nitrogen and oxygen atoms in total. The maximum absolute atomic E-state index is 13.9. The highest BCUT2D eigenvalue weighted by Gasteiger charge is 2.31. The Bertz CT molecular complexity index is 558. The fourth-order valence-electron chi connectivity index (χ4n) is 1.62. The molecule has 0 bridgehead atoms. The van der Waals surface area contributed by atoms with Crippen molar-refractivity contribution in [1.82, 2.24) is 0 Å². The van der Waals surface area contributed by atoms with E-state index >= 15 is 0 Å². The van der Waals surface area contributed by atoms with Gasteiger partial charge < -0.3 is 5.32 Å². The minimum absolute atomic E-state index is 0.0420. The first-order valence-electron chi connectivity index (χ1n) is 5.61. The summed E-state index contributed by atoms with van der Waals surface area (Å²) < 4.78 is 41.3. The van der Waals surface area contributed by atoms with E-state index in [4.69, 9.17) is 0 Å². The maximum Gasteiger partial charge on any atom is 0.290 e. The van der Waals surface area contributed by atoms with Crippen molar-refractivity contribution in [1.29, 1.82) is 0 Å². The molecule has 0 heterocycles. The van der Waals surface area contributed by atoms with Gasteiger partial charge in [-0.05, 0) is 40.8 Å². The summed E-state index contributed by atoms with van der Waals surface area (Å²) in [5.41, 5.74) is 0.456. The molecule has 5 heteroatoms. The largest absolute Gasteiger partial charge is 0.378 e. The third-order valence-electron chi connectivity index (χ3n) is 2.63. The van der Waals surface area contributed by atoms with Gasteiger partial charge in [-0.3, -0.25) is 0 Å². The first-order chi connectivity index (χ1) is 8.99. The highest BCUT2D eigenvalue weighted by molar-refractivity contribution is 14.1. The van der Waals surface area contributed by atoms with Crippen LogP contribution in [-0.4, -0.2) is 6.54 Å². The van der Waals surface area contributed by atoms with E-state index in [1.54, 1.807) is 18.2 Å². The Labute approximate surface area is 123 Å². The molecule has 0 radical (unpaired) electrons. The molecule has 1 N–H and O–H groups in total. The molecule has 0 saturated carbocycles. The molecule has 0 unspecified atom stereocenters. The summed E-state index contributed by atoms with van der Waals surface area (Å²) in [5, 5.41) is 2.65. The molecule has 0 fully saturated rings. The Kier molecular flexibility index (Phi) is 4.34. The lowest BCUT2D eigenvalue weighted by Crippen LogP contribution is -2.24. The molecule has 2 aromatic rings. The Morgan fingerprint density at radius 3 is 2.37 bits per heavy atom. The molecule has 0 saturated heterocycles. The lowest BCUT2D eigenvalue weighted by atomic mass is 10.1. The van der Waals surface area contributed by atoms with Gasteiger partial charge in [0.05, 0.1) is 6.54 Å². The fourth-order valence-corrected chi connectivity index (χ4v) is 2.29. The van der Waals surface area contributed by atoms with Gasteiger partial charge in [0.2, 0.25) is 0 Å². The first kappa shape index (κ1) is 14.2. The topological polar surface area (TPSA) is 12.0 Å². The third-order valence-corrected chi connectivity index (χ3v) is 3.52. The molecule has 0 amide bonds. The standard InChI is InChI=1S/C14H11F3IN/c15-11-6-7-13(12(18)8-11)19-9-14(16,17)10-4-2-1-3-5-10/h1-8,19H,9H2. The molecule has 2 rings (SSSR count). The molecular formula is C14H11F3IN. The summed E-state index contributed by atoms with van der Waals surface area (Å²) in [4.78, 5) is 0. The van der Waals surface area contributed by atoms with Crippen molar-refractivity contribution < 1.29 is 13.2 Å². The first-order valence-corrected chi connectivity index (χ1v) is 6.69. The van der Waals surface area contributed by atoms with E-state index < -0.39 is 12.5 Å². The lowest BCUT2D eigenvalue weighted by Gasteiger charge is -2.18. The number of nitrogens with one attached hydrogen (secondary N) is 1. The van der Waals surface area contributed by atoms with Gasteiger partial charge in [-0.15, -0.1) is 0 Å². The van der Waals surface area contributed by atoms with Crippen LogP contribution in [0.4, 0.5) is 18.9 Å². The zero-order chi connectivity index (χ0) is 13.9. The van der Waals surface area contributed by atoms with Crippen LogP contribution in [0.5, 0.6) is 0 Å². The van der Waals surface area contributed by atoms with E-state index in [1.165, 1.54) is 30.3 Å². The lowest BCUT2D eigenvalue weighted by molar-refractivity contribution is 0.0106. The van der Waals surface area contributed by atoms with Crippen LogP contribution in [0.25, 0.3) is 0 Å². The predicted octanol–water partition coefficient (Wildman–Crippen LogP) is 4.63. The highest BCUT2D eigenvalue weighted by Crippen LogP contribution is 2.29. The highest BCUT2D eigenvalue weighted by atomic mass is 127. The minimum atomic E-state index is -2.97. The number of alkyl halides is 2. The summed E-state index contributed by atoms with van der Waals surface area (Å²) in [6.45, 7) is -0.529. The van der Waals surface area contributed by atoms with Gasteiger partial charge in [-0.2, -0.15) is 8.78 Å². The Hall–Kier alpha value is -1.24. The number of hydrogen-bond donors (Lipinski definition) is 1. The Balaban J connectivity index is 2.09. The van der Waals surface area contributed by atoms with Gasteiger partial charge in [0.1, 0.15) is 5.82 Å². The molecule has 0 aliphatic heterocycles. The predicted molar refractivity (Wildman–Crippen MR) is 77.9 cm³/mol. The maximum atomic E-state index is 13.9. The minimum Gasteiger partial charge on any atom is -0.378 e. The van der Waals surface area contributed by atoms with Crippen LogP contribution >= 0.6 is 22.6 Å². The van der Waals surface area contributed by atoms with E-state index in [1.807, 2.05) is 22.6 Å². The van der Waals surface area contributed by atoms with Gasteiger partial charge in [0.25, 0.3) is 5.92 Å². The van der Waals surface area contributed by atoms with Crippen LogP contribution < -0.4 is 5.32 Å². The van der Waals surface area contributed by atoms with Crippen LogP contribution in [-0.2, 0) is 5.92 Å². The quantitative estimate of drug-likeness (QED) is 0.766. The zero-order valence-electron chi connectivity index (χ0n) is 9.84. The van der Waals surface area contributed by atoms with E-state index in [-0.39, 0.29) is 11.4 Å². The summed E-state index contributed by atoms with van der Waals surface area (Å²) in [6, 6.07) is 11.6. The second-order valence-corrected chi connectivity index (χ2v) is 5.21. The fraction of sp³-hybridized carbons (Fsp3) is 0.143. The average Bonchev–Trinajstić information content (AvgIpc) is 2.39. The van der Waals surface area contributed by atoms with E-state index in [9.17, 15) is 13.2 Å². The number of benzene rings is 2. The van der Waals surface area contributed by atoms with Gasteiger partial charge in [0, 0.05) is 14.8 Å². The molecule has 19 heavy (non-hydrogen) atoms. The van der Waals surface area contributed by atoms with Gasteiger partial charge in [0.15, 0.2) is 0 Å². The molecule has 0 aromatic heterocycles. The number of anilines is 1. The van der Waals surface area contributed by atoms with Crippen molar-refractivity contribution in [2.24, 2.45) is 0 Å². The number of hydrogen-bond acceptors (Lipinski definition) is 1. The second-order valence-electron chi connectivity index (χ2n) is 4.05. The molecule has 0 spiro atoms. The summed E-state index contributed by atoms with van der Waals surface area (Å²) in [6.07, 6.45) is 0.